The van der Waals surface area contributed by atoms with Crippen LogP contribution in [0.1, 0.15) is 37.0 Å². The lowest BCUT2D eigenvalue weighted by Crippen LogP contribution is -2.49. The van der Waals surface area contributed by atoms with Crippen LogP contribution in [0, 0.1) is 6.92 Å². The molecule has 1 aromatic carbocycles. The van der Waals surface area contributed by atoms with Gasteiger partial charge in [0.05, 0.1) is 19.7 Å². The number of ether oxygens (including phenoxy) is 2. The number of hydrogen-bond donors (Lipinski definition) is 1. The van der Waals surface area contributed by atoms with Gasteiger partial charge in [0.1, 0.15) is 6.10 Å². The summed E-state index contributed by atoms with van der Waals surface area (Å²) in [6.45, 7) is 10.1. The lowest BCUT2D eigenvalue weighted by Gasteiger charge is -2.37. The molecule has 1 atom stereocenters. The molecule has 27 heavy (non-hydrogen) atoms. The van der Waals surface area contributed by atoms with Gasteiger partial charge in [0.25, 0.3) is 0 Å². The Labute approximate surface area is 167 Å². The number of hydrogen-bond acceptors (Lipinski definition) is 4. The normalized spacial score (nSPS) is 23.3. The largest absolute Gasteiger partial charge is 0.381 e. The van der Waals surface area contributed by atoms with Crippen LogP contribution in [-0.2, 0) is 9.47 Å². The van der Waals surface area contributed by atoms with Crippen LogP contribution in [-0.4, -0.2) is 67.9 Å². The first-order chi connectivity index (χ1) is 13.2. The highest BCUT2D eigenvalue weighted by molar-refractivity contribution is 8.00. The lowest BCUT2D eigenvalue weighted by atomic mass is 9.99. The van der Waals surface area contributed by atoms with E-state index in [4.69, 9.17) is 14.5 Å². The van der Waals surface area contributed by atoms with Gasteiger partial charge in [0.15, 0.2) is 5.96 Å². The summed E-state index contributed by atoms with van der Waals surface area (Å²) >= 11 is 1.94. The second kappa shape index (κ2) is 9.80. The van der Waals surface area contributed by atoms with Crippen molar-refractivity contribution in [3.05, 3.63) is 35.4 Å². The third-order valence-electron chi connectivity index (χ3n) is 5.59. The van der Waals surface area contributed by atoms with Gasteiger partial charge in [0.2, 0.25) is 0 Å². The van der Waals surface area contributed by atoms with Crippen LogP contribution < -0.4 is 5.32 Å². The minimum absolute atomic E-state index is 0.0985. The van der Waals surface area contributed by atoms with E-state index in [0.29, 0.717) is 0 Å². The molecule has 2 saturated heterocycles. The number of morpholine rings is 1. The molecule has 0 radical (unpaired) electrons. The average molecular weight is 392 g/mol. The number of thioether (sulfide) groups is 1. The fourth-order valence-electron chi connectivity index (χ4n) is 3.79. The van der Waals surface area contributed by atoms with Crippen LogP contribution in [0.5, 0.6) is 0 Å². The Hall–Kier alpha value is -1.24. The molecule has 2 heterocycles. The summed E-state index contributed by atoms with van der Waals surface area (Å²) in [4.78, 5) is 7.41. The first kappa shape index (κ1) is 20.5. The Kier molecular flexibility index (Phi) is 7.44. The van der Waals surface area contributed by atoms with Crippen LogP contribution in [0.4, 0.5) is 0 Å². The zero-order valence-electron chi connectivity index (χ0n) is 16.9. The van der Waals surface area contributed by atoms with E-state index in [1.807, 2.05) is 11.8 Å². The Balaban J connectivity index is 1.72. The third-order valence-corrected chi connectivity index (χ3v) is 6.99. The monoisotopic (exact) mass is 391 g/mol. The maximum Gasteiger partial charge on any atom is 0.194 e. The summed E-state index contributed by atoms with van der Waals surface area (Å²) in [5.74, 6) is 1.01. The molecule has 2 aliphatic rings. The number of rotatable bonds is 5. The summed E-state index contributed by atoms with van der Waals surface area (Å²) in [5, 5.41) is 3.50. The second-order valence-electron chi connectivity index (χ2n) is 7.33. The van der Waals surface area contributed by atoms with E-state index in [0.717, 1.165) is 64.8 Å². The molecule has 0 spiro atoms. The van der Waals surface area contributed by atoms with Crippen molar-refractivity contribution in [2.45, 2.75) is 37.5 Å². The van der Waals surface area contributed by atoms with E-state index in [1.54, 1.807) is 0 Å². The second-order valence-corrected chi connectivity index (χ2v) is 8.61. The molecule has 1 N–H and O–H groups in total. The molecule has 1 aromatic rings. The van der Waals surface area contributed by atoms with Crippen LogP contribution in [0.3, 0.4) is 0 Å². The van der Waals surface area contributed by atoms with Crippen molar-refractivity contribution in [2.75, 3.05) is 52.3 Å². The highest BCUT2D eigenvalue weighted by Gasteiger charge is 2.32. The molecule has 0 amide bonds. The fraction of sp³-hybridized carbons (Fsp3) is 0.667. The van der Waals surface area contributed by atoms with Gasteiger partial charge in [-0.2, -0.15) is 11.8 Å². The molecule has 0 aromatic heterocycles. The zero-order chi connectivity index (χ0) is 19.1. The molecule has 2 fully saturated rings. The quantitative estimate of drug-likeness (QED) is 0.617. The van der Waals surface area contributed by atoms with E-state index >= 15 is 0 Å². The van der Waals surface area contributed by atoms with Gasteiger partial charge in [-0.3, -0.25) is 4.99 Å². The molecule has 3 rings (SSSR count). The highest BCUT2D eigenvalue weighted by Crippen LogP contribution is 2.34. The van der Waals surface area contributed by atoms with Crippen molar-refractivity contribution in [1.82, 2.24) is 10.2 Å². The summed E-state index contributed by atoms with van der Waals surface area (Å²) in [6.07, 6.45) is 4.45. The Morgan fingerprint density at radius 1 is 1.30 bits per heavy atom. The molecule has 2 aliphatic heterocycles. The van der Waals surface area contributed by atoms with Crippen molar-refractivity contribution in [3.8, 4) is 0 Å². The molecule has 0 bridgehead atoms. The average Bonchev–Trinajstić information content (AvgIpc) is 2.72. The first-order valence-corrected chi connectivity index (χ1v) is 11.2. The van der Waals surface area contributed by atoms with Gasteiger partial charge in [-0.05, 0) is 44.1 Å². The lowest BCUT2D eigenvalue weighted by molar-refractivity contribution is -0.00837. The van der Waals surface area contributed by atoms with Gasteiger partial charge >= 0.3 is 0 Å². The summed E-state index contributed by atoms with van der Waals surface area (Å²) < 4.78 is 11.9. The molecule has 1 unspecified atom stereocenters. The standard InChI is InChI=1S/C21H33N3O2S/c1-4-22-20(23-16-21(27-3)9-12-25-13-10-21)24-11-14-26-19(15-24)18-8-6-5-7-17(18)2/h5-8,19H,4,9-16H2,1-3H3,(H,22,23). The Morgan fingerprint density at radius 3 is 2.78 bits per heavy atom. The SMILES string of the molecule is CCNC(=NCC1(SC)CCOCC1)N1CCOC(c2ccccc2C)C1. The number of guanidine groups is 1. The van der Waals surface area contributed by atoms with Gasteiger partial charge in [-0.25, -0.2) is 0 Å². The van der Waals surface area contributed by atoms with Gasteiger partial charge < -0.3 is 19.7 Å². The predicted molar refractivity (Wildman–Crippen MR) is 114 cm³/mol. The van der Waals surface area contributed by atoms with E-state index in [1.165, 1.54) is 11.1 Å². The molecule has 6 heteroatoms. The van der Waals surface area contributed by atoms with Crippen molar-refractivity contribution in [1.29, 1.82) is 0 Å². The smallest absolute Gasteiger partial charge is 0.194 e. The van der Waals surface area contributed by atoms with Crippen molar-refractivity contribution < 1.29 is 9.47 Å². The molecule has 5 nitrogen and oxygen atoms in total. The van der Waals surface area contributed by atoms with Crippen molar-refractivity contribution in [3.63, 3.8) is 0 Å². The number of aliphatic imine (C=N–C) groups is 1. The maximum absolute atomic E-state index is 6.09. The summed E-state index contributed by atoms with van der Waals surface area (Å²) in [7, 11) is 0. The maximum atomic E-state index is 6.09. The zero-order valence-corrected chi connectivity index (χ0v) is 17.7. The van der Waals surface area contributed by atoms with E-state index in [9.17, 15) is 0 Å². The van der Waals surface area contributed by atoms with Crippen LogP contribution in [0.2, 0.25) is 0 Å². The number of nitrogens with one attached hydrogen (secondary N) is 1. The summed E-state index contributed by atoms with van der Waals surface area (Å²) in [6, 6.07) is 8.51. The fourth-order valence-corrected chi connectivity index (χ4v) is 4.56. The van der Waals surface area contributed by atoms with Crippen LogP contribution in [0.15, 0.2) is 29.3 Å². The van der Waals surface area contributed by atoms with Gasteiger partial charge in [0, 0.05) is 31.1 Å². The molecule has 0 aliphatic carbocycles. The van der Waals surface area contributed by atoms with E-state index < -0.39 is 0 Å². The molecule has 150 valence electrons. The molecular weight excluding hydrogens is 358 g/mol. The van der Waals surface area contributed by atoms with E-state index in [-0.39, 0.29) is 10.9 Å². The van der Waals surface area contributed by atoms with Crippen molar-refractivity contribution in [2.24, 2.45) is 4.99 Å². The van der Waals surface area contributed by atoms with Crippen molar-refractivity contribution >= 4 is 17.7 Å². The molecular formula is C21H33N3O2S. The predicted octanol–water partition coefficient (Wildman–Crippen LogP) is 3.25. The highest BCUT2D eigenvalue weighted by atomic mass is 32.2. The number of nitrogens with zero attached hydrogens (tertiary/aromatic N) is 2. The summed E-state index contributed by atoms with van der Waals surface area (Å²) in [5.41, 5.74) is 2.57. The third kappa shape index (κ3) is 5.18. The van der Waals surface area contributed by atoms with Crippen LogP contribution >= 0.6 is 11.8 Å². The van der Waals surface area contributed by atoms with Gasteiger partial charge in [-0.15, -0.1) is 0 Å². The molecule has 0 saturated carbocycles. The minimum atomic E-state index is 0.0985. The minimum Gasteiger partial charge on any atom is -0.381 e. The number of aryl methyl sites for hydroxylation is 1. The van der Waals surface area contributed by atoms with Gasteiger partial charge in [-0.1, -0.05) is 24.3 Å². The topological polar surface area (TPSA) is 46.1 Å². The Morgan fingerprint density at radius 2 is 2.07 bits per heavy atom. The van der Waals surface area contributed by atoms with Crippen LogP contribution in [0.25, 0.3) is 0 Å². The Bertz CT molecular complexity index is 632. The van der Waals surface area contributed by atoms with E-state index in [2.05, 4.69) is 54.6 Å². The first-order valence-electron chi connectivity index (χ1n) is 10.0. The number of benzene rings is 1.